The van der Waals surface area contributed by atoms with Crippen LogP contribution in [0.25, 0.3) is 0 Å². The SMILES string of the molecule is C=C(C1=C(C(=O)O)N2C(=O)[C@@H](NC(=O)/C(=N\O)c3csc(N)n3)[C@H]2SC1)C1CC1. The van der Waals surface area contributed by atoms with Crippen molar-refractivity contribution in [2.24, 2.45) is 11.1 Å². The van der Waals surface area contributed by atoms with Gasteiger partial charge in [0.25, 0.3) is 11.8 Å². The Kier molecular flexibility index (Phi) is 4.82. The maximum absolute atomic E-state index is 12.7. The number of anilines is 1. The van der Waals surface area contributed by atoms with Gasteiger partial charge in [-0.3, -0.25) is 14.5 Å². The lowest BCUT2D eigenvalue weighted by Gasteiger charge is -2.49. The number of carboxylic acid groups (broad SMARTS) is 1. The number of fused-ring (bicyclic) bond motifs is 1. The minimum atomic E-state index is -1.19. The number of nitrogen functional groups attached to an aromatic ring is 1. The Balaban J connectivity index is 1.53. The fourth-order valence-corrected chi connectivity index (χ4v) is 5.30. The monoisotopic (exact) mass is 435 g/mol. The number of amides is 2. The van der Waals surface area contributed by atoms with Gasteiger partial charge in [0.1, 0.15) is 22.8 Å². The Bertz CT molecular complexity index is 996. The van der Waals surface area contributed by atoms with E-state index in [9.17, 15) is 24.7 Å². The number of thioether (sulfide) groups is 1. The van der Waals surface area contributed by atoms with Crippen molar-refractivity contribution in [3.8, 4) is 0 Å². The number of thiazole rings is 1. The molecule has 10 nitrogen and oxygen atoms in total. The number of β-lactam (4-membered cyclic amide) rings is 1. The fraction of sp³-hybridized carbons (Fsp3) is 0.353. The molecule has 152 valence electrons. The summed E-state index contributed by atoms with van der Waals surface area (Å²) in [6.07, 6.45) is 1.95. The molecule has 2 atom stereocenters. The molecule has 0 aromatic carbocycles. The van der Waals surface area contributed by atoms with Crippen molar-refractivity contribution in [2.45, 2.75) is 24.3 Å². The highest BCUT2D eigenvalue weighted by Crippen LogP contribution is 2.47. The smallest absolute Gasteiger partial charge is 0.352 e. The zero-order chi connectivity index (χ0) is 20.9. The van der Waals surface area contributed by atoms with E-state index in [0.29, 0.717) is 11.3 Å². The highest BCUT2D eigenvalue weighted by molar-refractivity contribution is 8.00. The molecular formula is C17H17N5O5S2. The molecule has 0 radical (unpaired) electrons. The van der Waals surface area contributed by atoms with E-state index in [1.165, 1.54) is 22.0 Å². The molecule has 0 bridgehead atoms. The number of aromatic nitrogens is 1. The van der Waals surface area contributed by atoms with Crippen LogP contribution in [0.15, 0.2) is 34.0 Å². The Morgan fingerprint density at radius 1 is 1.41 bits per heavy atom. The van der Waals surface area contributed by atoms with E-state index in [-0.39, 0.29) is 28.2 Å². The molecule has 1 saturated heterocycles. The molecule has 12 heteroatoms. The van der Waals surface area contributed by atoms with Crippen molar-refractivity contribution in [2.75, 3.05) is 11.5 Å². The van der Waals surface area contributed by atoms with Crippen molar-refractivity contribution in [3.63, 3.8) is 0 Å². The molecular weight excluding hydrogens is 418 g/mol. The van der Waals surface area contributed by atoms with Crippen LogP contribution in [0.4, 0.5) is 5.13 Å². The summed E-state index contributed by atoms with van der Waals surface area (Å²) in [6.45, 7) is 4.02. The Morgan fingerprint density at radius 3 is 2.69 bits per heavy atom. The Morgan fingerprint density at radius 2 is 2.14 bits per heavy atom. The molecule has 1 aliphatic carbocycles. The van der Waals surface area contributed by atoms with Gasteiger partial charge in [0, 0.05) is 11.1 Å². The number of carboxylic acids is 1. The first kappa shape index (κ1) is 19.5. The van der Waals surface area contributed by atoms with Crippen LogP contribution in [-0.2, 0) is 14.4 Å². The average Bonchev–Trinajstić information content (AvgIpc) is 3.46. The third-order valence-electron chi connectivity index (χ3n) is 4.99. The number of hydrogen-bond donors (Lipinski definition) is 4. The summed E-state index contributed by atoms with van der Waals surface area (Å²) in [7, 11) is 0. The first-order valence-electron chi connectivity index (χ1n) is 8.68. The van der Waals surface area contributed by atoms with Gasteiger partial charge in [0.2, 0.25) is 0 Å². The van der Waals surface area contributed by atoms with E-state index in [1.807, 2.05) is 0 Å². The van der Waals surface area contributed by atoms with Gasteiger partial charge in [-0.15, -0.1) is 23.1 Å². The Hall–Kier alpha value is -2.86. The Labute approximate surface area is 173 Å². The predicted octanol–water partition coefficient (Wildman–Crippen LogP) is 0.608. The van der Waals surface area contributed by atoms with E-state index in [0.717, 1.165) is 29.8 Å². The molecule has 2 aliphatic heterocycles. The first-order valence-corrected chi connectivity index (χ1v) is 10.6. The van der Waals surface area contributed by atoms with Crippen LogP contribution in [-0.4, -0.2) is 60.9 Å². The highest BCUT2D eigenvalue weighted by atomic mass is 32.2. The van der Waals surface area contributed by atoms with Crippen LogP contribution in [0.1, 0.15) is 18.5 Å². The lowest BCUT2D eigenvalue weighted by molar-refractivity contribution is -0.150. The van der Waals surface area contributed by atoms with E-state index in [4.69, 9.17) is 5.73 Å². The lowest BCUT2D eigenvalue weighted by Crippen LogP contribution is -2.71. The normalized spacial score (nSPS) is 24.1. The zero-order valence-electron chi connectivity index (χ0n) is 15.0. The van der Waals surface area contributed by atoms with Gasteiger partial charge in [0.15, 0.2) is 10.8 Å². The number of rotatable bonds is 6. The number of oxime groups is 1. The molecule has 1 saturated carbocycles. The second-order valence-electron chi connectivity index (χ2n) is 6.81. The van der Waals surface area contributed by atoms with Crippen molar-refractivity contribution < 1.29 is 24.7 Å². The van der Waals surface area contributed by atoms with Gasteiger partial charge in [-0.05, 0) is 29.9 Å². The van der Waals surface area contributed by atoms with Crippen molar-refractivity contribution in [3.05, 3.63) is 34.5 Å². The van der Waals surface area contributed by atoms with Crippen LogP contribution in [0.2, 0.25) is 0 Å². The van der Waals surface area contributed by atoms with Gasteiger partial charge in [0.05, 0.1) is 0 Å². The number of nitrogens with one attached hydrogen (secondary N) is 1. The van der Waals surface area contributed by atoms with Crippen LogP contribution >= 0.6 is 23.1 Å². The minimum Gasteiger partial charge on any atom is -0.477 e. The third kappa shape index (κ3) is 3.27. The van der Waals surface area contributed by atoms with E-state index in [2.05, 4.69) is 22.0 Å². The number of aliphatic carboxylic acids is 1. The summed E-state index contributed by atoms with van der Waals surface area (Å²) < 4.78 is 0. The van der Waals surface area contributed by atoms with Crippen LogP contribution < -0.4 is 11.1 Å². The number of nitrogens with zero attached hydrogens (tertiary/aromatic N) is 3. The summed E-state index contributed by atoms with van der Waals surface area (Å²) in [4.78, 5) is 42.1. The van der Waals surface area contributed by atoms with Gasteiger partial charge in [-0.25, -0.2) is 9.78 Å². The van der Waals surface area contributed by atoms with Crippen LogP contribution in [0, 0.1) is 5.92 Å². The average molecular weight is 435 g/mol. The summed E-state index contributed by atoms with van der Waals surface area (Å²) in [5.74, 6) is -1.87. The van der Waals surface area contributed by atoms with Gasteiger partial charge >= 0.3 is 5.97 Å². The predicted molar refractivity (Wildman–Crippen MR) is 106 cm³/mol. The quantitative estimate of drug-likeness (QED) is 0.219. The van der Waals surface area contributed by atoms with E-state index in [1.54, 1.807) is 0 Å². The standard InChI is InChI=1S/C17H17N5O5S2/c1-6(7-2-3-7)8-4-28-15-11(14(24)22(15)12(8)16(25)26)20-13(23)10(21-27)9-5-29-17(18)19-9/h5,7,11,15,27H,1-4H2,(H2,18,19)(H,20,23)(H,25,26)/b21-10-/t11-,15-/m1/s1. The summed E-state index contributed by atoms with van der Waals surface area (Å²) in [6, 6.07) is -0.940. The number of carbonyl (C=O) groups excluding carboxylic acids is 2. The number of carbonyl (C=O) groups is 3. The molecule has 4 rings (SSSR count). The highest BCUT2D eigenvalue weighted by Gasteiger charge is 2.55. The molecule has 0 spiro atoms. The minimum absolute atomic E-state index is 0.0653. The molecule has 1 aromatic heterocycles. The summed E-state index contributed by atoms with van der Waals surface area (Å²) in [5.41, 5.74) is 6.53. The largest absolute Gasteiger partial charge is 0.477 e. The van der Waals surface area contributed by atoms with E-state index >= 15 is 0 Å². The molecule has 2 fully saturated rings. The lowest BCUT2D eigenvalue weighted by atomic mass is 9.97. The fourth-order valence-electron chi connectivity index (χ4n) is 3.36. The van der Waals surface area contributed by atoms with Gasteiger partial charge < -0.3 is 21.4 Å². The third-order valence-corrected chi connectivity index (χ3v) is 6.95. The second kappa shape index (κ2) is 7.19. The molecule has 2 amide bonds. The molecule has 5 N–H and O–H groups in total. The summed E-state index contributed by atoms with van der Waals surface area (Å²) >= 11 is 2.43. The molecule has 0 unspecified atom stereocenters. The molecule has 3 heterocycles. The van der Waals surface area contributed by atoms with Crippen molar-refractivity contribution in [1.82, 2.24) is 15.2 Å². The van der Waals surface area contributed by atoms with E-state index < -0.39 is 29.2 Å². The first-order chi connectivity index (χ1) is 13.8. The van der Waals surface area contributed by atoms with Crippen molar-refractivity contribution >= 4 is 51.7 Å². The number of allylic oxidation sites excluding steroid dienone is 1. The van der Waals surface area contributed by atoms with Crippen molar-refractivity contribution in [1.29, 1.82) is 0 Å². The topological polar surface area (TPSA) is 158 Å². The maximum Gasteiger partial charge on any atom is 0.352 e. The second-order valence-corrected chi connectivity index (χ2v) is 8.81. The molecule has 3 aliphatic rings. The summed E-state index contributed by atoms with van der Waals surface area (Å²) in [5, 5.41) is 25.4. The molecule has 1 aromatic rings. The van der Waals surface area contributed by atoms with Gasteiger partial charge in [-0.1, -0.05) is 11.7 Å². The van der Waals surface area contributed by atoms with Gasteiger partial charge in [-0.2, -0.15) is 0 Å². The van der Waals surface area contributed by atoms with Crippen LogP contribution in [0.3, 0.4) is 0 Å². The maximum atomic E-state index is 12.7. The molecule has 29 heavy (non-hydrogen) atoms. The number of hydrogen-bond acceptors (Lipinski definition) is 9. The van der Waals surface area contributed by atoms with Crippen LogP contribution in [0.5, 0.6) is 0 Å². The zero-order valence-corrected chi connectivity index (χ0v) is 16.6. The number of nitrogens with two attached hydrogens (primary N) is 1.